The van der Waals surface area contributed by atoms with E-state index >= 15 is 0 Å². The summed E-state index contributed by atoms with van der Waals surface area (Å²) in [4.78, 5) is 30.3. The summed E-state index contributed by atoms with van der Waals surface area (Å²) in [6.07, 6.45) is 10.3. The number of hydrogen-bond donors (Lipinski definition) is 0. The van der Waals surface area contributed by atoms with Gasteiger partial charge in [-0.3, -0.25) is 14.5 Å². The average Bonchev–Trinajstić information content (AvgIpc) is 2.97. The second-order valence-corrected chi connectivity index (χ2v) is 8.60. The third kappa shape index (κ3) is 4.91. The maximum atomic E-state index is 13.4. The minimum absolute atomic E-state index is 0.0845. The molecule has 29 heavy (non-hydrogen) atoms. The van der Waals surface area contributed by atoms with E-state index in [1.807, 2.05) is 6.07 Å². The van der Waals surface area contributed by atoms with Crippen LogP contribution in [-0.4, -0.2) is 41.2 Å². The van der Waals surface area contributed by atoms with Crippen LogP contribution in [0.4, 0.5) is 0 Å². The molecule has 2 amide bonds. The zero-order chi connectivity index (χ0) is 20.8. The fraction of sp³-hybridized carbons (Fsp3) is 0.600. The van der Waals surface area contributed by atoms with Crippen molar-refractivity contribution >= 4 is 17.4 Å². The van der Waals surface area contributed by atoms with Crippen molar-refractivity contribution in [2.24, 2.45) is 0 Å². The topological polar surface area (TPSA) is 40.6 Å². The van der Waals surface area contributed by atoms with Gasteiger partial charge in [0.2, 0.25) is 0 Å². The van der Waals surface area contributed by atoms with Crippen LogP contribution >= 0.6 is 0 Å². The monoisotopic (exact) mass is 396 g/mol. The van der Waals surface area contributed by atoms with Crippen molar-refractivity contribution in [3.63, 3.8) is 0 Å². The number of aryl methyl sites for hydroxylation is 2. The average molecular weight is 397 g/mol. The second kappa shape index (κ2) is 10.1. The van der Waals surface area contributed by atoms with Crippen LogP contribution in [0.1, 0.15) is 81.4 Å². The summed E-state index contributed by atoms with van der Waals surface area (Å²) in [7, 11) is 0. The van der Waals surface area contributed by atoms with Crippen molar-refractivity contribution in [3.8, 4) is 0 Å². The van der Waals surface area contributed by atoms with Crippen LogP contribution in [-0.2, 0) is 9.59 Å². The Morgan fingerprint density at radius 3 is 2.21 bits per heavy atom. The first-order chi connectivity index (χ1) is 14.0. The lowest BCUT2D eigenvalue weighted by Crippen LogP contribution is -2.37. The van der Waals surface area contributed by atoms with E-state index in [1.54, 1.807) is 0 Å². The predicted molar refractivity (Wildman–Crippen MR) is 118 cm³/mol. The van der Waals surface area contributed by atoms with Gasteiger partial charge in [-0.25, -0.2) is 0 Å². The Morgan fingerprint density at radius 1 is 0.828 bits per heavy atom. The number of rotatable bonds is 9. The van der Waals surface area contributed by atoms with Crippen LogP contribution in [0.2, 0.25) is 0 Å². The van der Waals surface area contributed by atoms with Gasteiger partial charge in [0.05, 0.1) is 5.57 Å². The van der Waals surface area contributed by atoms with E-state index < -0.39 is 0 Å². The summed E-state index contributed by atoms with van der Waals surface area (Å²) in [5.41, 5.74) is 4.50. The lowest BCUT2D eigenvalue weighted by Gasteiger charge is -2.29. The highest BCUT2D eigenvalue weighted by Crippen LogP contribution is 2.34. The van der Waals surface area contributed by atoms with Crippen LogP contribution in [0.15, 0.2) is 23.9 Å². The molecule has 3 rings (SSSR count). The third-order valence-corrected chi connectivity index (χ3v) is 6.35. The van der Waals surface area contributed by atoms with Crippen LogP contribution in [0.25, 0.3) is 5.57 Å². The number of unbranched alkanes of at least 4 members (excludes halogenated alkanes) is 5. The molecule has 2 heterocycles. The summed E-state index contributed by atoms with van der Waals surface area (Å²) in [6, 6.07) is 6.12. The Labute approximate surface area is 176 Å². The van der Waals surface area contributed by atoms with Crippen molar-refractivity contribution in [2.45, 2.75) is 78.6 Å². The molecular formula is C25H36N2O2. The number of carbonyl (C=O) groups is 2. The lowest BCUT2D eigenvalue weighted by atomic mass is 9.98. The van der Waals surface area contributed by atoms with E-state index in [9.17, 15) is 9.59 Å². The molecule has 1 fully saturated rings. The summed E-state index contributed by atoms with van der Waals surface area (Å²) < 4.78 is 0. The third-order valence-electron chi connectivity index (χ3n) is 6.35. The highest BCUT2D eigenvalue weighted by atomic mass is 16.2. The molecule has 2 aliphatic rings. The molecule has 0 N–H and O–H groups in total. The molecular weight excluding hydrogens is 360 g/mol. The van der Waals surface area contributed by atoms with Gasteiger partial charge in [-0.1, -0.05) is 57.2 Å². The second-order valence-electron chi connectivity index (χ2n) is 8.60. The van der Waals surface area contributed by atoms with Gasteiger partial charge in [-0.15, -0.1) is 0 Å². The zero-order valence-electron chi connectivity index (χ0n) is 18.4. The molecule has 1 saturated heterocycles. The van der Waals surface area contributed by atoms with Crippen LogP contribution in [0, 0.1) is 13.8 Å². The molecule has 1 aromatic carbocycles. The maximum absolute atomic E-state index is 13.4. The molecule has 2 aliphatic heterocycles. The minimum atomic E-state index is -0.104. The first-order valence-corrected chi connectivity index (χ1v) is 11.5. The number of piperidine rings is 1. The van der Waals surface area contributed by atoms with Crippen molar-refractivity contribution in [1.82, 2.24) is 9.80 Å². The summed E-state index contributed by atoms with van der Waals surface area (Å²) >= 11 is 0. The van der Waals surface area contributed by atoms with Gasteiger partial charge >= 0.3 is 0 Å². The quantitative estimate of drug-likeness (QED) is 0.424. The van der Waals surface area contributed by atoms with E-state index in [2.05, 4.69) is 37.8 Å². The number of imide groups is 1. The maximum Gasteiger partial charge on any atom is 0.277 e. The van der Waals surface area contributed by atoms with E-state index in [-0.39, 0.29) is 11.8 Å². The molecule has 4 heteroatoms. The zero-order valence-corrected chi connectivity index (χ0v) is 18.4. The molecule has 1 aromatic rings. The molecule has 0 bridgehead atoms. The molecule has 0 aromatic heterocycles. The standard InChI is InChI=1S/C25H36N2O2/c1-4-5-6-7-8-12-17-27-24(28)22(21-14-13-19(2)20(3)18-21)23(25(27)29)26-15-10-9-11-16-26/h13-14,18H,4-12,15-17H2,1-3H3. The number of amides is 2. The van der Waals surface area contributed by atoms with E-state index in [4.69, 9.17) is 0 Å². The highest BCUT2D eigenvalue weighted by Gasteiger charge is 2.41. The van der Waals surface area contributed by atoms with Gasteiger partial charge in [-0.05, 0) is 56.2 Å². The number of benzene rings is 1. The molecule has 0 saturated carbocycles. The Hall–Kier alpha value is -2.10. The van der Waals surface area contributed by atoms with Gasteiger partial charge in [-0.2, -0.15) is 0 Å². The Bertz CT molecular complexity index is 775. The van der Waals surface area contributed by atoms with Crippen molar-refractivity contribution in [1.29, 1.82) is 0 Å². The van der Waals surface area contributed by atoms with E-state index in [0.29, 0.717) is 17.8 Å². The number of hydrogen-bond acceptors (Lipinski definition) is 3. The number of nitrogens with zero attached hydrogens (tertiary/aromatic N) is 2. The van der Waals surface area contributed by atoms with Crippen LogP contribution < -0.4 is 0 Å². The molecule has 0 aliphatic carbocycles. The summed E-state index contributed by atoms with van der Waals surface area (Å²) in [5, 5.41) is 0. The minimum Gasteiger partial charge on any atom is -0.366 e. The lowest BCUT2D eigenvalue weighted by molar-refractivity contribution is -0.137. The van der Waals surface area contributed by atoms with Gasteiger partial charge in [0, 0.05) is 19.6 Å². The van der Waals surface area contributed by atoms with Gasteiger partial charge in [0.25, 0.3) is 11.8 Å². The molecule has 0 radical (unpaired) electrons. The SMILES string of the molecule is CCCCCCCCN1C(=O)C(c2ccc(C)c(C)c2)=C(N2CCCCC2)C1=O. The van der Waals surface area contributed by atoms with E-state index in [1.165, 1.54) is 42.6 Å². The van der Waals surface area contributed by atoms with Gasteiger partial charge in [0.15, 0.2) is 0 Å². The normalized spacial score (nSPS) is 17.6. The van der Waals surface area contributed by atoms with Gasteiger partial charge in [0.1, 0.15) is 5.70 Å². The Kier molecular flexibility index (Phi) is 7.51. The molecule has 0 spiro atoms. The Morgan fingerprint density at radius 2 is 1.52 bits per heavy atom. The molecule has 0 atom stereocenters. The van der Waals surface area contributed by atoms with Gasteiger partial charge < -0.3 is 4.90 Å². The fourth-order valence-electron chi connectivity index (χ4n) is 4.38. The van der Waals surface area contributed by atoms with Crippen LogP contribution in [0.3, 0.4) is 0 Å². The predicted octanol–water partition coefficient (Wildman–Crippen LogP) is 5.23. The van der Waals surface area contributed by atoms with Crippen molar-refractivity contribution < 1.29 is 9.59 Å². The Balaban J connectivity index is 1.82. The molecule has 158 valence electrons. The smallest absolute Gasteiger partial charge is 0.277 e. The van der Waals surface area contributed by atoms with Crippen LogP contribution in [0.5, 0.6) is 0 Å². The highest BCUT2D eigenvalue weighted by molar-refractivity contribution is 6.35. The first-order valence-electron chi connectivity index (χ1n) is 11.5. The van der Waals surface area contributed by atoms with Crippen molar-refractivity contribution in [2.75, 3.05) is 19.6 Å². The number of likely N-dealkylation sites (tertiary alicyclic amines) is 1. The number of carbonyl (C=O) groups excluding carboxylic acids is 2. The molecule has 0 unspecified atom stereocenters. The largest absolute Gasteiger partial charge is 0.366 e. The fourth-order valence-corrected chi connectivity index (χ4v) is 4.38. The molecule has 4 nitrogen and oxygen atoms in total. The van der Waals surface area contributed by atoms with Crippen molar-refractivity contribution in [3.05, 3.63) is 40.6 Å². The summed E-state index contributed by atoms with van der Waals surface area (Å²) in [5.74, 6) is -0.189. The summed E-state index contributed by atoms with van der Waals surface area (Å²) in [6.45, 7) is 8.63. The van der Waals surface area contributed by atoms with E-state index in [0.717, 1.165) is 49.9 Å². The first kappa shape index (κ1) is 21.6.